The summed E-state index contributed by atoms with van der Waals surface area (Å²) in [5.41, 5.74) is 5.60. The van der Waals surface area contributed by atoms with Crippen LogP contribution < -0.4 is 11.3 Å². The Morgan fingerprint density at radius 1 is 1.29 bits per heavy atom. The summed E-state index contributed by atoms with van der Waals surface area (Å²) in [6, 6.07) is 5.25. The van der Waals surface area contributed by atoms with Crippen LogP contribution in [0.2, 0.25) is 10.0 Å². The lowest BCUT2D eigenvalue weighted by atomic mass is 10.0. The van der Waals surface area contributed by atoms with E-state index in [2.05, 4.69) is 15.5 Å². The summed E-state index contributed by atoms with van der Waals surface area (Å²) >= 11 is 12.2. The molecule has 3 rings (SSSR count). The zero-order valence-electron chi connectivity index (χ0n) is 11.0. The topological polar surface area (TPSA) is 68.2 Å². The number of hydrazine groups is 1. The maximum atomic E-state index is 6.22. The van der Waals surface area contributed by atoms with Crippen molar-refractivity contribution in [1.82, 2.24) is 20.0 Å². The van der Waals surface area contributed by atoms with Crippen molar-refractivity contribution >= 4 is 28.7 Å². The molecule has 0 bridgehead atoms. The van der Waals surface area contributed by atoms with E-state index >= 15 is 0 Å². The molecule has 0 aliphatic carbocycles. The van der Waals surface area contributed by atoms with Crippen LogP contribution >= 0.6 is 23.2 Å². The van der Waals surface area contributed by atoms with E-state index in [1.54, 1.807) is 41.4 Å². The quantitative estimate of drug-likeness (QED) is 0.572. The van der Waals surface area contributed by atoms with Crippen LogP contribution in [0.15, 0.2) is 43.0 Å². The number of benzene rings is 1. The molecule has 2 heterocycles. The molecule has 1 atom stereocenters. The monoisotopic (exact) mass is 321 g/mol. The Hall–Kier alpha value is -1.66. The minimum atomic E-state index is -0.136. The number of halogens is 2. The van der Waals surface area contributed by atoms with Gasteiger partial charge in [-0.15, -0.1) is 0 Å². The number of nitrogens with zero attached hydrogens (tertiary/aromatic N) is 3. The summed E-state index contributed by atoms with van der Waals surface area (Å²) in [6.45, 7) is 0. The van der Waals surface area contributed by atoms with Crippen LogP contribution in [0.4, 0.5) is 0 Å². The largest absolute Gasteiger partial charge is 0.271 e. The van der Waals surface area contributed by atoms with Crippen LogP contribution in [0.25, 0.3) is 5.52 Å². The average Bonchev–Trinajstić information content (AvgIpc) is 2.92. The molecule has 0 amide bonds. The summed E-state index contributed by atoms with van der Waals surface area (Å²) < 4.78 is 1.76. The SMILES string of the molecule is NNC(Cc1cc(Cl)ccc1Cl)c1cnn2ccncc12. The van der Waals surface area contributed by atoms with E-state index in [-0.39, 0.29) is 6.04 Å². The van der Waals surface area contributed by atoms with Gasteiger partial charge in [-0.05, 0) is 30.2 Å². The standard InChI is InChI=1S/C14H13Cl2N5/c15-10-1-2-12(16)9(5-10)6-13(20-17)11-7-19-21-4-3-18-8-14(11)21/h1-5,7-8,13,20H,6,17H2. The molecule has 0 fully saturated rings. The minimum Gasteiger partial charge on any atom is -0.271 e. The van der Waals surface area contributed by atoms with Crippen molar-refractivity contribution < 1.29 is 0 Å². The van der Waals surface area contributed by atoms with Crippen molar-refractivity contribution in [1.29, 1.82) is 0 Å². The maximum Gasteiger partial charge on any atom is 0.0893 e. The van der Waals surface area contributed by atoms with Crippen molar-refractivity contribution in [3.8, 4) is 0 Å². The fourth-order valence-electron chi connectivity index (χ4n) is 2.30. The van der Waals surface area contributed by atoms with E-state index in [1.165, 1.54) is 0 Å². The number of hydrogen-bond acceptors (Lipinski definition) is 4. The van der Waals surface area contributed by atoms with Crippen molar-refractivity contribution in [2.45, 2.75) is 12.5 Å². The lowest BCUT2D eigenvalue weighted by molar-refractivity contribution is 0.555. The van der Waals surface area contributed by atoms with E-state index < -0.39 is 0 Å². The summed E-state index contributed by atoms with van der Waals surface area (Å²) in [6.07, 6.45) is 7.61. The summed E-state index contributed by atoms with van der Waals surface area (Å²) in [7, 11) is 0. The van der Waals surface area contributed by atoms with Crippen LogP contribution in [-0.4, -0.2) is 14.6 Å². The van der Waals surface area contributed by atoms with Gasteiger partial charge in [0, 0.05) is 28.0 Å². The van der Waals surface area contributed by atoms with Gasteiger partial charge in [-0.1, -0.05) is 23.2 Å². The van der Waals surface area contributed by atoms with Crippen LogP contribution in [0.1, 0.15) is 17.2 Å². The Bertz CT molecular complexity index is 771. The van der Waals surface area contributed by atoms with E-state index in [9.17, 15) is 0 Å². The van der Waals surface area contributed by atoms with Gasteiger partial charge in [-0.3, -0.25) is 16.3 Å². The van der Waals surface area contributed by atoms with Gasteiger partial charge < -0.3 is 0 Å². The summed E-state index contributed by atoms with van der Waals surface area (Å²) in [4.78, 5) is 4.12. The second-order valence-electron chi connectivity index (χ2n) is 4.67. The number of rotatable bonds is 4. The smallest absolute Gasteiger partial charge is 0.0893 e. The van der Waals surface area contributed by atoms with E-state index in [0.717, 1.165) is 16.6 Å². The van der Waals surface area contributed by atoms with Crippen molar-refractivity contribution in [2.75, 3.05) is 0 Å². The van der Waals surface area contributed by atoms with Gasteiger partial charge in [0.15, 0.2) is 0 Å². The second-order valence-corrected chi connectivity index (χ2v) is 5.51. The highest BCUT2D eigenvalue weighted by atomic mass is 35.5. The first kappa shape index (κ1) is 14.3. The van der Waals surface area contributed by atoms with E-state index in [4.69, 9.17) is 29.0 Å². The summed E-state index contributed by atoms with van der Waals surface area (Å²) in [5.74, 6) is 5.71. The first-order chi connectivity index (χ1) is 10.2. The molecular formula is C14H13Cl2N5. The minimum absolute atomic E-state index is 0.136. The highest BCUT2D eigenvalue weighted by Crippen LogP contribution is 2.27. The number of aromatic nitrogens is 3. The highest BCUT2D eigenvalue weighted by molar-refractivity contribution is 6.33. The molecule has 0 aliphatic rings. The van der Waals surface area contributed by atoms with Crippen molar-refractivity contribution in [2.24, 2.45) is 5.84 Å². The van der Waals surface area contributed by atoms with Gasteiger partial charge in [0.1, 0.15) is 0 Å². The lowest BCUT2D eigenvalue weighted by Crippen LogP contribution is -2.29. The summed E-state index contributed by atoms with van der Waals surface area (Å²) in [5, 5.41) is 5.60. The fraction of sp³-hybridized carbons (Fsp3) is 0.143. The number of nitrogens with two attached hydrogens (primary N) is 1. The third-order valence-corrected chi connectivity index (χ3v) is 3.97. The number of nitrogens with one attached hydrogen (secondary N) is 1. The first-order valence-electron chi connectivity index (χ1n) is 6.36. The molecule has 0 radical (unpaired) electrons. The maximum absolute atomic E-state index is 6.22. The fourth-order valence-corrected chi connectivity index (χ4v) is 2.69. The normalized spacial score (nSPS) is 12.7. The third kappa shape index (κ3) is 2.87. The third-order valence-electron chi connectivity index (χ3n) is 3.36. The molecule has 2 aromatic heterocycles. The number of fused-ring (bicyclic) bond motifs is 1. The van der Waals surface area contributed by atoms with Crippen molar-refractivity contribution in [3.63, 3.8) is 0 Å². The molecule has 0 spiro atoms. The predicted octanol–water partition coefficient (Wildman–Crippen LogP) is 2.78. The van der Waals surface area contributed by atoms with E-state index in [1.807, 2.05) is 6.07 Å². The zero-order valence-corrected chi connectivity index (χ0v) is 12.5. The molecular weight excluding hydrogens is 309 g/mol. The van der Waals surface area contributed by atoms with Crippen LogP contribution in [0.3, 0.4) is 0 Å². The Balaban J connectivity index is 1.97. The molecule has 1 aromatic carbocycles. The molecule has 0 saturated carbocycles. The second kappa shape index (κ2) is 5.99. The highest BCUT2D eigenvalue weighted by Gasteiger charge is 2.17. The van der Waals surface area contributed by atoms with Gasteiger partial charge in [-0.25, -0.2) is 4.52 Å². The van der Waals surface area contributed by atoms with Crippen LogP contribution in [0, 0.1) is 0 Å². The van der Waals surface area contributed by atoms with Crippen molar-refractivity contribution in [3.05, 3.63) is 64.2 Å². The van der Waals surface area contributed by atoms with Gasteiger partial charge in [0.05, 0.1) is 24.0 Å². The molecule has 7 heteroatoms. The van der Waals surface area contributed by atoms with Gasteiger partial charge in [0.25, 0.3) is 0 Å². The Kier molecular flexibility index (Phi) is 4.07. The van der Waals surface area contributed by atoms with E-state index in [0.29, 0.717) is 16.5 Å². The molecule has 1 unspecified atom stereocenters. The molecule has 108 valence electrons. The average molecular weight is 322 g/mol. The molecule has 21 heavy (non-hydrogen) atoms. The lowest BCUT2D eigenvalue weighted by Gasteiger charge is -2.16. The first-order valence-corrected chi connectivity index (χ1v) is 7.12. The molecule has 3 aromatic rings. The Morgan fingerprint density at radius 2 is 2.14 bits per heavy atom. The molecule has 0 aliphatic heterocycles. The Labute approximate surface area is 131 Å². The number of hydrogen-bond donors (Lipinski definition) is 2. The van der Waals surface area contributed by atoms with Crippen LogP contribution in [0.5, 0.6) is 0 Å². The zero-order chi connectivity index (χ0) is 14.8. The Morgan fingerprint density at radius 3 is 2.95 bits per heavy atom. The molecule has 3 N–H and O–H groups in total. The molecule has 5 nitrogen and oxygen atoms in total. The van der Waals surface area contributed by atoms with Crippen LogP contribution in [-0.2, 0) is 6.42 Å². The van der Waals surface area contributed by atoms with Gasteiger partial charge in [-0.2, -0.15) is 5.10 Å². The van der Waals surface area contributed by atoms with Gasteiger partial charge in [0.2, 0.25) is 0 Å². The van der Waals surface area contributed by atoms with Gasteiger partial charge >= 0.3 is 0 Å². The molecule has 0 saturated heterocycles. The predicted molar refractivity (Wildman–Crippen MR) is 83.2 cm³/mol.